The maximum Gasteiger partial charge on any atom is 0.347 e. The highest BCUT2D eigenvalue weighted by Gasteiger charge is 2.49. The molecule has 0 saturated carbocycles. The summed E-state index contributed by atoms with van der Waals surface area (Å²) in [6, 6.07) is 6.06. The number of nitrogens with zero attached hydrogens (tertiary/aromatic N) is 2. The van der Waals surface area contributed by atoms with Gasteiger partial charge in [-0.3, -0.25) is 9.97 Å². The van der Waals surface area contributed by atoms with E-state index in [1.165, 1.54) is 50.5 Å². The lowest BCUT2D eigenvalue weighted by Gasteiger charge is -2.37. The van der Waals surface area contributed by atoms with Crippen molar-refractivity contribution in [3.8, 4) is 11.4 Å². The Kier molecular flexibility index (Phi) is 20.1. The molecule has 70 heavy (non-hydrogen) atoms. The summed E-state index contributed by atoms with van der Waals surface area (Å²) in [4.78, 5) is 109. The van der Waals surface area contributed by atoms with Crippen LogP contribution in [0, 0.1) is 0 Å². The maximum absolute atomic E-state index is 12.7. The highest BCUT2D eigenvalue weighted by molar-refractivity contribution is 5.86. The van der Waals surface area contributed by atoms with E-state index in [-0.39, 0.29) is 13.2 Å². The lowest BCUT2D eigenvalue weighted by Crippen LogP contribution is -2.60. The molecule has 0 spiro atoms. The van der Waals surface area contributed by atoms with E-state index in [1.54, 1.807) is 0 Å². The summed E-state index contributed by atoms with van der Waals surface area (Å²) in [5.41, 5.74) is 1.41. The van der Waals surface area contributed by atoms with E-state index >= 15 is 0 Å². The molecule has 2 saturated heterocycles. The van der Waals surface area contributed by atoms with Gasteiger partial charge >= 0.3 is 47.8 Å². The van der Waals surface area contributed by atoms with Gasteiger partial charge in [0.25, 0.3) is 0 Å². The van der Waals surface area contributed by atoms with Crippen molar-refractivity contribution in [1.82, 2.24) is 9.97 Å². The van der Waals surface area contributed by atoms with Crippen molar-refractivity contribution in [1.29, 1.82) is 0 Å². The quantitative estimate of drug-likeness (QED) is 0.0485. The van der Waals surface area contributed by atoms with E-state index < -0.39 is 146 Å². The highest BCUT2D eigenvalue weighted by Crippen LogP contribution is 2.24. The second-order valence-corrected chi connectivity index (χ2v) is 15.6. The summed E-state index contributed by atoms with van der Waals surface area (Å²) in [6.45, 7) is 5.97. The molecule has 2 aliphatic rings. The molecule has 16 atom stereocenters. The fourth-order valence-corrected chi connectivity index (χ4v) is 5.92. The first kappa shape index (κ1) is 56.2. The van der Waals surface area contributed by atoms with Crippen LogP contribution in [0.5, 0.6) is 0 Å². The molecule has 2 aliphatic heterocycles. The summed E-state index contributed by atoms with van der Waals surface area (Å²) < 4.78 is 49.7. The van der Waals surface area contributed by atoms with Gasteiger partial charge in [0.2, 0.25) is 0 Å². The molecular weight excluding hydrogens is 948 g/mol. The van der Waals surface area contributed by atoms with Crippen molar-refractivity contribution in [2.24, 2.45) is 0 Å². The Labute approximate surface area is 395 Å². The Morgan fingerprint density at radius 1 is 0.443 bits per heavy atom. The minimum absolute atomic E-state index is 0.292. The van der Waals surface area contributed by atoms with Crippen LogP contribution in [0.2, 0.25) is 0 Å². The van der Waals surface area contributed by atoms with Crippen LogP contribution < -0.4 is 0 Å². The van der Waals surface area contributed by atoms with Gasteiger partial charge in [0.05, 0.1) is 11.4 Å². The molecular formula is C42H52N2O26. The number of hydrogen-bond donors (Lipinski definition) is 8. The van der Waals surface area contributed by atoms with E-state index in [2.05, 4.69) is 9.97 Å². The molecule has 28 heteroatoms. The Morgan fingerprint density at radius 3 is 1.04 bits per heavy atom. The van der Waals surface area contributed by atoms with E-state index in [0.717, 1.165) is 27.7 Å². The first-order valence-corrected chi connectivity index (χ1v) is 21.0. The average molecular weight is 1000 g/mol. The van der Waals surface area contributed by atoms with Crippen molar-refractivity contribution >= 4 is 47.8 Å². The zero-order valence-electron chi connectivity index (χ0n) is 37.9. The number of carbonyl (C=O) groups excluding carboxylic acids is 8. The standard InChI is InChI=1S/C42H52N2O26/c1-15(63-35(53)17(3)65-37(55)19(5)67-41(59)31-27(47)25(45)29(49)39(57)69-31)33(51)61-13-21-7-9-43-23(11-21)24-12-22(8-10-44-24)14-62-34(52)16(2)64-36(54)18(4)66-38(56)20(6)68-42(60)32-28(48)26(46)30(50)40(58)70-32/h7-12,15-20,25-32,39-40,45-50,57-58H,13-14H2,1-6H3/t15?,16?,17?,18?,19?,20?,25-,26+,27-,28+,29+,30-,31-,32?,39+,40-/m1/s1. The van der Waals surface area contributed by atoms with Crippen LogP contribution in [0.25, 0.3) is 11.4 Å². The normalized spacial score (nSPS) is 26.8. The number of esters is 8. The molecule has 386 valence electrons. The van der Waals surface area contributed by atoms with Gasteiger partial charge in [-0.15, -0.1) is 0 Å². The van der Waals surface area contributed by atoms with Crippen molar-refractivity contribution in [2.45, 2.75) is 153 Å². The Hall–Kier alpha value is -6.34. The first-order valence-electron chi connectivity index (χ1n) is 21.0. The van der Waals surface area contributed by atoms with Gasteiger partial charge < -0.3 is 88.2 Å². The van der Waals surface area contributed by atoms with Gasteiger partial charge in [0, 0.05) is 12.4 Å². The molecule has 4 rings (SSSR count). The number of carbonyl (C=O) groups is 8. The summed E-state index contributed by atoms with van der Waals surface area (Å²) in [7, 11) is 0. The SMILES string of the molecule is CC(OC(=O)C(C)OC(=O)C(C)OC(=O)C1O[C@@H](O)[C@H](O)[C@@H](O)[C@@H]1O)C(=O)OCc1ccnc(-c2cc(COC(=O)C(C)OC(=O)C(C)OC(=O)C(C)OC(=O)[C@@H]3O[C@H](O)[C@@H](O)[C@H](O)[C@H]3O)ccn2)c1. The predicted molar refractivity (Wildman–Crippen MR) is 218 cm³/mol. The lowest BCUT2D eigenvalue weighted by molar-refractivity contribution is -0.281. The second kappa shape index (κ2) is 25.0. The van der Waals surface area contributed by atoms with Gasteiger partial charge in [0.1, 0.15) is 49.8 Å². The Balaban J connectivity index is 1.19. The second-order valence-electron chi connectivity index (χ2n) is 15.6. The number of aromatic nitrogens is 2. The van der Waals surface area contributed by atoms with E-state index in [0.29, 0.717) is 22.5 Å². The Morgan fingerprint density at radius 2 is 0.729 bits per heavy atom. The molecule has 7 unspecified atom stereocenters. The van der Waals surface area contributed by atoms with Crippen molar-refractivity contribution in [3.05, 3.63) is 47.8 Å². The van der Waals surface area contributed by atoms with Crippen molar-refractivity contribution in [3.63, 3.8) is 0 Å². The largest absolute Gasteiger partial charge is 0.458 e. The highest BCUT2D eigenvalue weighted by atomic mass is 16.7. The predicted octanol–water partition coefficient (Wildman–Crippen LogP) is -4.58. The van der Waals surface area contributed by atoms with E-state index in [1.807, 2.05) is 0 Å². The fraction of sp³-hybridized carbons (Fsp3) is 0.571. The number of aliphatic hydroxyl groups is 8. The van der Waals surface area contributed by atoms with Gasteiger partial charge in [-0.1, -0.05) is 0 Å². The molecule has 2 fully saturated rings. The molecule has 8 N–H and O–H groups in total. The lowest BCUT2D eigenvalue weighted by atomic mass is 9.99. The van der Waals surface area contributed by atoms with Crippen LogP contribution in [0.15, 0.2) is 36.7 Å². The first-order chi connectivity index (χ1) is 32.8. The maximum atomic E-state index is 12.7. The third kappa shape index (κ3) is 14.8. The number of rotatable bonds is 19. The fourth-order valence-electron chi connectivity index (χ4n) is 5.92. The van der Waals surface area contributed by atoms with Crippen LogP contribution in [0.3, 0.4) is 0 Å². The number of hydrogen-bond acceptors (Lipinski definition) is 28. The van der Waals surface area contributed by atoms with Crippen molar-refractivity contribution in [2.75, 3.05) is 0 Å². The third-order valence-electron chi connectivity index (χ3n) is 10.1. The zero-order chi connectivity index (χ0) is 52.3. The summed E-state index contributed by atoms with van der Waals surface area (Å²) in [6.07, 6.45) is -26.8. The Bertz CT molecular complexity index is 2060. The average Bonchev–Trinajstić information content (AvgIpc) is 3.32. The van der Waals surface area contributed by atoms with Crippen LogP contribution >= 0.6 is 0 Å². The molecule has 4 heterocycles. The minimum atomic E-state index is -2.05. The van der Waals surface area contributed by atoms with Gasteiger partial charge in [-0.2, -0.15) is 0 Å². The van der Waals surface area contributed by atoms with Gasteiger partial charge in [0.15, 0.2) is 61.4 Å². The van der Waals surface area contributed by atoms with E-state index in [9.17, 15) is 79.2 Å². The number of ether oxygens (including phenoxy) is 10. The molecule has 0 amide bonds. The molecule has 0 bridgehead atoms. The topological polar surface area (TPSA) is 416 Å². The third-order valence-corrected chi connectivity index (χ3v) is 10.1. The molecule has 0 aliphatic carbocycles. The summed E-state index contributed by atoms with van der Waals surface area (Å²) in [5.74, 6) is -9.71. The minimum Gasteiger partial charge on any atom is -0.458 e. The monoisotopic (exact) mass is 1000 g/mol. The smallest absolute Gasteiger partial charge is 0.347 e. The van der Waals surface area contributed by atoms with Crippen LogP contribution in [0.4, 0.5) is 0 Å². The van der Waals surface area contributed by atoms with Crippen LogP contribution in [-0.2, 0) is 98.9 Å². The molecule has 0 aromatic carbocycles. The molecule has 28 nitrogen and oxygen atoms in total. The van der Waals surface area contributed by atoms with E-state index in [4.69, 9.17) is 47.4 Å². The molecule has 2 aromatic heterocycles. The number of pyridine rings is 2. The zero-order valence-corrected chi connectivity index (χ0v) is 37.9. The van der Waals surface area contributed by atoms with Crippen LogP contribution in [0.1, 0.15) is 52.7 Å². The molecule has 0 radical (unpaired) electrons. The van der Waals surface area contributed by atoms with Crippen LogP contribution in [-0.4, -0.2) is 197 Å². The van der Waals surface area contributed by atoms with Gasteiger partial charge in [-0.05, 0) is 76.9 Å². The number of aliphatic hydroxyl groups excluding tert-OH is 8. The van der Waals surface area contributed by atoms with Gasteiger partial charge in [-0.25, -0.2) is 38.4 Å². The summed E-state index contributed by atoms with van der Waals surface area (Å²) in [5, 5.41) is 77.9. The summed E-state index contributed by atoms with van der Waals surface area (Å²) >= 11 is 0. The van der Waals surface area contributed by atoms with Crippen molar-refractivity contribution < 1.29 is 127 Å². The molecule has 2 aromatic rings.